The lowest BCUT2D eigenvalue weighted by Gasteiger charge is -2.27. The fraction of sp³-hybridized carbons (Fsp3) is 0.600. The Balaban J connectivity index is 2.09. The van der Waals surface area contributed by atoms with E-state index < -0.39 is 11.4 Å². The number of hydrogen-bond acceptors (Lipinski definition) is 5. The van der Waals surface area contributed by atoms with Gasteiger partial charge >= 0.3 is 5.97 Å². The zero-order valence-electron chi connectivity index (χ0n) is 9.34. The van der Waals surface area contributed by atoms with Crippen molar-refractivity contribution in [3.63, 3.8) is 0 Å². The number of nitrogens with one attached hydrogen (secondary N) is 1. The first kappa shape index (κ1) is 12.0. The van der Waals surface area contributed by atoms with Gasteiger partial charge in [0.25, 0.3) is 5.91 Å². The van der Waals surface area contributed by atoms with Gasteiger partial charge in [0.1, 0.15) is 0 Å². The molecule has 0 spiro atoms. The normalized spacial score (nSPS) is 27.9. The summed E-state index contributed by atoms with van der Waals surface area (Å²) in [6.07, 6.45) is 2.08. The Bertz CT molecular complexity index is 434. The van der Waals surface area contributed by atoms with Gasteiger partial charge in [-0.15, -0.1) is 5.10 Å². The molecular weight excluding hydrogens is 242 g/mol. The zero-order valence-corrected chi connectivity index (χ0v) is 10.2. The second-order valence-electron chi connectivity index (χ2n) is 4.43. The van der Waals surface area contributed by atoms with Crippen LogP contribution in [0.1, 0.15) is 36.7 Å². The van der Waals surface area contributed by atoms with Crippen molar-refractivity contribution in [1.29, 1.82) is 0 Å². The molecule has 2 N–H and O–H groups in total. The fourth-order valence-electron chi connectivity index (χ4n) is 2.15. The topological polar surface area (TPSA) is 92.2 Å². The predicted octanol–water partition coefficient (Wildman–Crippen LogP) is 0.911. The number of amides is 1. The van der Waals surface area contributed by atoms with Gasteiger partial charge in [-0.25, -0.2) is 0 Å². The standard InChI is InChI=1S/C10H13N3O3S/c1-10(9(15)16)4-2-3-7(10)11-8(14)6-5-17-13-12-6/h5,7H,2-4H2,1H3,(H,11,14)(H,15,16). The van der Waals surface area contributed by atoms with Crippen LogP contribution in [0, 0.1) is 5.41 Å². The minimum Gasteiger partial charge on any atom is -0.481 e. The molecule has 1 saturated carbocycles. The van der Waals surface area contributed by atoms with Crippen LogP contribution in [-0.2, 0) is 4.79 Å². The highest BCUT2D eigenvalue weighted by molar-refractivity contribution is 7.03. The van der Waals surface area contributed by atoms with Crippen molar-refractivity contribution in [2.24, 2.45) is 5.41 Å². The van der Waals surface area contributed by atoms with Gasteiger partial charge in [0.15, 0.2) is 5.69 Å². The number of carboxylic acid groups (broad SMARTS) is 1. The summed E-state index contributed by atoms with van der Waals surface area (Å²) in [5, 5.41) is 17.2. The van der Waals surface area contributed by atoms with E-state index in [-0.39, 0.29) is 17.6 Å². The number of carboxylic acids is 1. The molecule has 92 valence electrons. The van der Waals surface area contributed by atoms with E-state index in [1.807, 2.05) is 0 Å². The van der Waals surface area contributed by atoms with Crippen molar-refractivity contribution in [2.45, 2.75) is 32.2 Å². The molecule has 1 fully saturated rings. The molecule has 1 amide bonds. The molecule has 1 aliphatic carbocycles. The van der Waals surface area contributed by atoms with E-state index >= 15 is 0 Å². The first-order valence-electron chi connectivity index (χ1n) is 5.35. The minimum absolute atomic E-state index is 0.245. The highest BCUT2D eigenvalue weighted by Gasteiger charge is 2.46. The van der Waals surface area contributed by atoms with Gasteiger partial charge in [-0.2, -0.15) is 0 Å². The highest BCUT2D eigenvalue weighted by Crippen LogP contribution is 2.38. The summed E-state index contributed by atoms with van der Waals surface area (Å²) in [5.74, 6) is -1.21. The lowest BCUT2D eigenvalue weighted by atomic mass is 9.85. The van der Waals surface area contributed by atoms with Gasteiger partial charge in [-0.05, 0) is 31.3 Å². The zero-order chi connectivity index (χ0) is 12.5. The maximum atomic E-state index is 11.8. The van der Waals surface area contributed by atoms with Gasteiger partial charge in [-0.3, -0.25) is 9.59 Å². The molecule has 1 heterocycles. The van der Waals surface area contributed by atoms with Gasteiger partial charge in [0.05, 0.1) is 5.41 Å². The molecule has 0 bridgehead atoms. The van der Waals surface area contributed by atoms with Crippen LogP contribution in [-0.4, -0.2) is 32.6 Å². The Morgan fingerprint density at radius 1 is 1.65 bits per heavy atom. The average Bonchev–Trinajstić information content (AvgIpc) is 2.89. The van der Waals surface area contributed by atoms with Gasteiger partial charge in [-0.1, -0.05) is 10.9 Å². The summed E-state index contributed by atoms with van der Waals surface area (Å²) in [5.41, 5.74) is -0.631. The smallest absolute Gasteiger partial charge is 0.311 e. The van der Waals surface area contributed by atoms with Crippen LogP contribution >= 0.6 is 11.5 Å². The maximum Gasteiger partial charge on any atom is 0.311 e. The van der Waals surface area contributed by atoms with Crippen molar-refractivity contribution in [1.82, 2.24) is 14.9 Å². The number of rotatable bonds is 3. The average molecular weight is 255 g/mol. The molecule has 17 heavy (non-hydrogen) atoms. The van der Waals surface area contributed by atoms with Crippen LogP contribution in [0.25, 0.3) is 0 Å². The Morgan fingerprint density at radius 3 is 3.00 bits per heavy atom. The van der Waals surface area contributed by atoms with Crippen LogP contribution in [0.4, 0.5) is 0 Å². The van der Waals surface area contributed by atoms with E-state index in [1.54, 1.807) is 12.3 Å². The van der Waals surface area contributed by atoms with Crippen LogP contribution in [0.5, 0.6) is 0 Å². The lowest BCUT2D eigenvalue weighted by Crippen LogP contribution is -2.47. The number of carbonyl (C=O) groups is 2. The summed E-state index contributed by atoms with van der Waals surface area (Å²) in [4.78, 5) is 23.0. The van der Waals surface area contributed by atoms with Crippen LogP contribution < -0.4 is 5.32 Å². The predicted molar refractivity (Wildman–Crippen MR) is 60.8 cm³/mol. The molecule has 1 aliphatic rings. The maximum absolute atomic E-state index is 11.8. The van der Waals surface area contributed by atoms with Gasteiger partial charge in [0, 0.05) is 11.4 Å². The molecule has 2 atom stereocenters. The van der Waals surface area contributed by atoms with Gasteiger partial charge < -0.3 is 10.4 Å². The molecule has 2 rings (SSSR count). The monoisotopic (exact) mass is 255 g/mol. The number of nitrogens with zero attached hydrogens (tertiary/aromatic N) is 2. The van der Waals surface area contributed by atoms with Crippen molar-refractivity contribution in [3.05, 3.63) is 11.1 Å². The van der Waals surface area contributed by atoms with E-state index in [1.165, 1.54) is 0 Å². The van der Waals surface area contributed by atoms with Crippen LogP contribution in [0.3, 0.4) is 0 Å². The largest absolute Gasteiger partial charge is 0.481 e. The third-order valence-corrected chi connectivity index (χ3v) is 3.85. The van der Waals surface area contributed by atoms with E-state index in [0.717, 1.165) is 18.0 Å². The second-order valence-corrected chi connectivity index (χ2v) is 5.04. The third-order valence-electron chi connectivity index (χ3n) is 3.34. The van der Waals surface area contributed by atoms with E-state index in [2.05, 4.69) is 14.9 Å². The molecule has 0 aromatic carbocycles. The van der Waals surface area contributed by atoms with E-state index in [0.29, 0.717) is 12.8 Å². The first-order chi connectivity index (χ1) is 8.04. The molecule has 1 aromatic heterocycles. The number of carbonyl (C=O) groups excluding carboxylic acids is 1. The molecule has 2 unspecified atom stereocenters. The summed E-state index contributed by atoms with van der Waals surface area (Å²) in [6, 6.07) is -0.339. The molecule has 6 nitrogen and oxygen atoms in total. The Hall–Kier alpha value is -1.50. The first-order valence-corrected chi connectivity index (χ1v) is 6.19. The Morgan fingerprint density at radius 2 is 2.41 bits per heavy atom. The van der Waals surface area contributed by atoms with Crippen molar-refractivity contribution in [3.8, 4) is 0 Å². The SMILES string of the molecule is CC1(C(=O)O)CCCC1NC(=O)c1csnn1. The Kier molecular flexibility index (Phi) is 3.10. The molecule has 7 heteroatoms. The molecule has 0 aliphatic heterocycles. The molecule has 1 aromatic rings. The molecule has 0 radical (unpaired) electrons. The van der Waals surface area contributed by atoms with Crippen LogP contribution in [0.2, 0.25) is 0 Å². The summed E-state index contributed by atoms with van der Waals surface area (Å²) < 4.78 is 3.60. The van der Waals surface area contributed by atoms with E-state index in [9.17, 15) is 14.7 Å². The van der Waals surface area contributed by atoms with Crippen LogP contribution in [0.15, 0.2) is 5.38 Å². The summed E-state index contributed by atoms with van der Waals surface area (Å²) in [7, 11) is 0. The van der Waals surface area contributed by atoms with Crippen molar-refractivity contribution in [2.75, 3.05) is 0 Å². The molecular formula is C10H13N3O3S. The number of hydrogen-bond donors (Lipinski definition) is 2. The quantitative estimate of drug-likeness (QED) is 0.837. The highest BCUT2D eigenvalue weighted by atomic mass is 32.1. The second kappa shape index (κ2) is 4.40. The number of aliphatic carboxylic acids is 1. The third kappa shape index (κ3) is 2.14. The fourth-order valence-corrected chi connectivity index (χ4v) is 2.59. The lowest BCUT2D eigenvalue weighted by molar-refractivity contribution is -0.148. The summed E-state index contributed by atoms with van der Waals surface area (Å²) in [6.45, 7) is 1.67. The van der Waals surface area contributed by atoms with Crippen molar-refractivity contribution < 1.29 is 14.7 Å². The van der Waals surface area contributed by atoms with E-state index in [4.69, 9.17) is 0 Å². The minimum atomic E-state index is -0.876. The Labute approximate surface area is 102 Å². The number of aromatic nitrogens is 2. The molecule has 0 saturated heterocycles. The van der Waals surface area contributed by atoms with Crippen molar-refractivity contribution >= 4 is 23.4 Å². The summed E-state index contributed by atoms with van der Waals surface area (Å²) >= 11 is 1.09. The van der Waals surface area contributed by atoms with Gasteiger partial charge in [0.2, 0.25) is 0 Å².